The van der Waals surface area contributed by atoms with Gasteiger partial charge in [-0.15, -0.1) is 0 Å². The second kappa shape index (κ2) is 9.37. The van der Waals surface area contributed by atoms with Gasteiger partial charge < -0.3 is 9.15 Å². The van der Waals surface area contributed by atoms with Crippen molar-refractivity contribution in [2.75, 3.05) is 7.11 Å². The highest BCUT2D eigenvalue weighted by Crippen LogP contribution is 2.29. The van der Waals surface area contributed by atoms with Crippen LogP contribution in [-0.2, 0) is 5.75 Å². The number of nitrogens with zero attached hydrogens (tertiary/aromatic N) is 3. The van der Waals surface area contributed by atoms with Gasteiger partial charge in [-0.3, -0.25) is 9.36 Å². The SMILES string of the molecule is COc1cccc(-n2c(SCc3nc(-c4ccc(Cl)cc4)oc3C)nc3ccccc3c2=O)c1. The van der Waals surface area contributed by atoms with Crippen molar-refractivity contribution in [1.29, 1.82) is 0 Å². The van der Waals surface area contributed by atoms with E-state index >= 15 is 0 Å². The quantitative estimate of drug-likeness (QED) is 0.206. The highest BCUT2D eigenvalue weighted by atomic mass is 35.5. The van der Waals surface area contributed by atoms with Crippen LogP contribution < -0.4 is 10.3 Å². The van der Waals surface area contributed by atoms with E-state index in [-0.39, 0.29) is 5.56 Å². The maximum atomic E-state index is 13.5. The largest absolute Gasteiger partial charge is 0.497 e. The fraction of sp³-hybridized carbons (Fsp3) is 0.115. The summed E-state index contributed by atoms with van der Waals surface area (Å²) in [5.41, 5.74) is 2.83. The van der Waals surface area contributed by atoms with E-state index in [0.717, 1.165) is 11.3 Å². The van der Waals surface area contributed by atoms with Gasteiger partial charge in [-0.05, 0) is 55.5 Å². The van der Waals surface area contributed by atoms with Crippen molar-refractivity contribution in [1.82, 2.24) is 14.5 Å². The minimum Gasteiger partial charge on any atom is -0.497 e. The van der Waals surface area contributed by atoms with Crippen molar-refractivity contribution in [3.63, 3.8) is 0 Å². The number of aromatic nitrogens is 3. The molecule has 0 bridgehead atoms. The Morgan fingerprint density at radius 3 is 2.62 bits per heavy atom. The molecule has 0 atom stereocenters. The number of aryl methyl sites for hydroxylation is 1. The highest BCUT2D eigenvalue weighted by molar-refractivity contribution is 7.98. The summed E-state index contributed by atoms with van der Waals surface area (Å²) in [5, 5.41) is 1.77. The fourth-order valence-corrected chi connectivity index (χ4v) is 4.74. The molecule has 2 aromatic heterocycles. The molecule has 0 aliphatic rings. The van der Waals surface area contributed by atoms with Crippen LogP contribution in [0.15, 0.2) is 87.2 Å². The van der Waals surface area contributed by atoms with Crippen molar-refractivity contribution in [2.45, 2.75) is 17.8 Å². The summed E-state index contributed by atoms with van der Waals surface area (Å²) in [6.45, 7) is 1.88. The van der Waals surface area contributed by atoms with Crippen LogP contribution in [0.25, 0.3) is 28.0 Å². The summed E-state index contributed by atoms with van der Waals surface area (Å²) < 4.78 is 12.9. The van der Waals surface area contributed by atoms with E-state index in [4.69, 9.17) is 25.7 Å². The zero-order chi connectivity index (χ0) is 23.7. The van der Waals surface area contributed by atoms with Gasteiger partial charge in [0.25, 0.3) is 5.56 Å². The number of rotatable bonds is 6. The number of hydrogen-bond acceptors (Lipinski definition) is 6. The molecule has 2 heterocycles. The maximum Gasteiger partial charge on any atom is 0.266 e. The molecule has 6 nitrogen and oxygen atoms in total. The van der Waals surface area contributed by atoms with Gasteiger partial charge in [0.2, 0.25) is 5.89 Å². The van der Waals surface area contributed by atoms with Gasteiger partial charge in [-0.1, -0.05) is 41.6 Å². The minimum atomic E-state index is -0.139. The number of thioether (sulfide) groups is 1. The third-order valence-electron chi connectivity index (χ3n) is 5.38. The summed E-state index contributed by atoms with van der Waals surface area (Å²) in [6.07, 6.45) is 0. The monoisotopic (exact) mass is 489 g/mol. The van der Waals surface area contributed by atoms with Crippen LogP contribution in [0.5, 0.6) is 5.75 Å². The van der Waals surface area contributed by atoms with Gasteiger partial charge >= 0.3 is 0 Å². The van der Waals surface area contributed by atoms with Crippen molar-refractivity contribution >= 4 is 34.3 Å². The molecular weight excluding hydrogens is 470 g/mol. The van der Waals surface area contributed by atoms with Crippen LogP contribution in [0.2, 0.25) is 5.02 Å². The van der Waals surface area contributed by atoms with Gasteiger partial charge in [-0.2, -0.15) is 0 Å². The van der Waals surface area contributed by atoms with Gasteiger partial charge in [-0.25, -0.2) is 9.97 Å². The second-order valence-corrected chi connectivity index (χ2v) is 8.95. The molecule has 0 aliphatic heterocycles. The van der Waals surface area contributed by atoms with Gasteiger partial charge in [0, 0.05) is 22.4 Å². The number of methoxy groups -OCH3 is 1. The molecule has 0 amide bonds. The van der Waals surface area contributed by atoms with Crippen molar-refractivity contribution in [2.24, 2.45) is 0 Å². The first-order valence-corrected chi connectivity index (χ1v) is 11.9. The first-order chi connectivity index (χ1) is 16.5. The number of halogens is 1. The smallest absolute Gasteiger partial charge is 0.266 e. The molecule has 0 aliphatic carbocycles. The minimum absolute atomic E-state index is 0.139. The molecule has 0 saturated carbocycles. The summed E-state index contributed by atoms with van der Waals surface area (Å²) in [5.74, 6) is 2.39. The molecule has 34 heavy (non-hydrogen) atoms. The van der Waals surface area contributed by atoms with Crippen molar-refractivity contribution < 1.29 is 9.15 Å². The Balaban J connectivity index is 1.54. The molecule has 3 aromatic carbocycles. The zero-order valence-corrected chi connectivity index (χ0v) is 20.1. The molecule has 0 radical (unpaired) electrons. The maximum absolute atomic E-state index is 13.5. The predicted molar refractivity (Wildman–Crippen MR) is 135 cm³/mol. The van der Waals surface area contributed by atoms with Gasteiger partial charge in [0.05, 0.1) is 29.4 Å². The Kier molecular flexibility index (Phi) is 6.13. The Bertz CT molecular complexity index is 1540. The third kappa shape index (κ3) is 4.32. The molecule has 5 rings (SSSR count). The molecule has 0 fully saturated rings. The number of fused-ring (bicyclic) bond motifs is 1. The van der Waals surface area contributed by atoms with E-state index in [1.54, 1.807) is 29.9 Å². The molecule has 0 N–H and O–H groups in total. The highest BCUT2D eigenvalue weighted by Gasteiger charge is 2.17. The molecular formula is C26H20ClN3O3S. The Morgan fingerprint density at radius 2 is 1.82 bits per heavy atom. The number of para-hydroxylation sites is 1. The Hall–Kier alpha value is -3.55. The van der Waals surface area contributed by atoms with E-state index < -0.39 is 0 Å². The summed E-state index contributed by atoms with van der Waals surface area (Å²) in [4.78, 5) is 22.9. The number of oxazole rings is 1. The average Bonchev–Trinajstić information content (AvgIpc) is 3.23. The van der Waals surface area contributed by atoms with Crippen LogP contribution in [0.4, 0.5) is 0 Å². The Labute approximate surface area is 205 Å². The van der Waals surface area contributed by atoms with E-state index in [9.17, 15) is 4.79 Å². The fourth-order valence-electron chi connectivity index (χ4n) is 3.60. The molecule has 0 saturated heterocycles. The van der Waals surface area contributed by atoms with Crippen LogP contribution in [0, 0.1) is 6.92 Å². The van der Waals surface area contributed by atoms with E-state index in [0.29, 0.717) is 49.9 Å². The predicted octanol–water partition coefficient (Wildman–Crippen LogP) is 6.30. The normalized spacial score (nSPS) is 11.1. The lowest BCUT2D eigenvalue weighted by Crippen LogP contribution is -2.21. The van der Waals surface area contributed by atoms with Crippen LogP contribution >= 0.6 is 23.4 Å². The summed E-state index contributed by atoms with van der Waals surface area (Å²) in [6, 6.07) is 22.1. The molecule has 8 heteroatoms. The average molecular weight is 490 g/mol. The van der Waals surface area contributed by atoms with Gasteiger partial charge in [0.15, 0.2) is 5.16 Å². The molecule has 0 spiro atoms. The van der Waals surface area contributed by atoms with Crippen molar-refractivity contribution in [3.8, 4) is 22.9 Å². The lowest BCUT2D eigenvalue weighted by Gasteiger charge is -2.13. The zero-order valence-electron chi connectivity index (χ0n) is 18.5. The lowest BCUT2D eigenvalue weighted by atomic mass is 10.2. The molecule has 0 unspecified atom stereocenters. The summed E-state index contributed by atoms with van der Waals surface area (Å²) >= 11 is 7.42. The van der Waals surface area contributed by atoms with Crippen LogP contribution in [0.1, 0.15) is 11.5 Å². The molecule has 170 valence electrons. The third-order valence-corrected chi connectivity index (χ3v) is 6.58. The Morgan fingerprint density at radius 1 is 1.03 bits per heavy atom. The lowest BCUT2D eigenvalue weighted by molar-refractivity contribution is 0.414. The van der Waals surface area contributed by atoms with Crippen LogP contribution in [-0.4, -0.2) is 21.6 Å². The number of benzene rings is 3. The van der Waals surface area contributed by atoms with Crippen molar-refractivity contribution in [3.05, 3.63) is 99.6 Å². The summed E-state index contributed by atoms with van der Waals surface area (Å²) in [7, 11) is 1.60. The van der Waals surface area contributed by atoms with E-state index in [2.05, 4.69) is 4.98 Å². The van der Waals surface area contributed by atoms with Gasteiger partial charge in [0.1, 0.15) is 11.5 Å². The van der Waals surface area contributed by atoms with E-state index in [1.807, 2.05) is 61.5 Å². The first-order valence-electron chi connectivity index (χ1n) is 10.5. The molecule has 5 aromatic rings. The second-order valence-electron chi connectivity index (χ2n) is 7.57. The van der Waals surface area contributed by atoms with Crippen LogP contribution in [0.3, 0.4) is 0 Å². The standard InChI is InChI=1S/C26H20ClN3O3S/c1-16-23(28-24(33-16)17-10-12-18(27)13-11-17)15-34-26-29-22-9-4-3-8-21(22)25(31)30(26)19-6-5-7-20(14-19)32-2/h3-14H,15H2,1-2H3. The topological polar surface area (TPSA) is 70.2 Å². The number of hydrogen-bond donors (Lipinski definition) is 0. The first kappa shape index (κ1) is 22.3. The van der Waals surface area contributed by atoms with E-state index in [1.165, 1.54) is 11.8 Å². The number of ether oxygens (including phenoxy) is 1.